The first-order valence-electron chi connectivity index (χ1n) is 5.68. The topological polar surface area (TPSA) is 49.8 Å². The third-order valence-electron chi connectivity index (χ3n) is 2.53. The van der Waals surface area contributed by atoms with Gasteiger partial charge in [0.15, 0.2) is 17.7 Å². The molecule has 1 aromatic carbocycles. The summed E-state index contributed by atoms with van der Waals surface area (Å²) < 4.78 is 18.9. The number of halogens is 1. The van der Waals surface area contributed by atoms with Crippen LogP contribution in [0.5, 0.6) is 5.75 Å². The van der Waals surface area contributed by atoms with Crippen molar-refractivity contribution in [2.24, 2.45) is 0 Å². The highest BCUT2D eigenvalue weighted by molar-refractivity contribution is 5.80. The van der Waals surface area contributed by atoms with Crippen LogP contribution in [0.25, 0.3) is 0 Å². The van der Waals surface area contributed by atoms with Gasteiger partial charge in [0.2, 0.25) is 0 Å². The number of likely N-dealkylation sites (N-methyl/N-ethyl adjacent to an activating group) is 1. The number of carbonyl (C=O) groups excluding carboxylic acids is 1. The molecule has 5 heteroatoms. The predicted octanol–water partition coefficient (Wildman–Crippen LogP) is 1.73. The van der Waals surface area contributed by atoms with E-state index in [-0.39, 0.29) is 11.7 Å². The number of carbonyl (C=O) groups is 1. The Morgan fingerprint density at radius 1 is 1.39 bits per heavy atom. The molecule has 18 heavy (non-hydrogen) atoms. The molecule has 0 radical (unpaired) electrons. The first kappa shape index (κ1) is 14.4. The fourth-order valence-electron chi connectivity index (χ4n) is 1.48. The van der Waals surface area contributed by atoms with Gasteiger partial charge in [0.05, 0.1) is 6.10 Å². The fraction of sp³-hybridized carbons (Fsp3) is 0.462. The SMILES string of the molecule is CC(Oc1ccc([C@@H](C)O)cc1F)C(=O)N(C)C. The number of ether oxygens (including phenoxy) is 1. The molecule has 0 aliphatic carbocycles. The number of hydrogen-bond acceptors (Lipinski definition) is 3. The predicted molar refractivity (Wildman–Crippen MR) is 65.8 cm³/mol. The smallest absolute Gasteiger partial charge is 0.262 e. The van der Waals surface area contributed by atoms with Crippen LogP contribution in [-0.4, -0.2) is 36.1 Å². The molecule has 0 aliphatic heterocycles. The number of amides is 1. The van der Waals surface area contributed by atoms with Gasteiger partial charge in [-0.15, -0.1) is 0 Å². The molecule has 0 aromatic heterocycles. The fourth-order valence-corrected chi connectivity index (χ4v) is 1.48. The first-order chi connectivity index (χ1) is 8.32. The van der Waals surface area contributed by atoms with Gasteiger partial charge in [-0.1, -0.05) is 6.07 Å². The molecule has 0 spiro atoms. The van der Waals surface area contributed by atoms with Crippen molar-refractivity contribution in [3.8, 4) is 5.75 Å². The van der Waals surface area contributed by atoms with Crippen molar-refractivity contribution in [1.29, 1.82) is 0 Å². The molecule has 0 heterocycles. The van der Waals surface area contributed by atoms with E-state index < -0.39 is 18.0 Å². The van der Waals surface area contributed by atoms with Crippen molar-refractivity contribution < 1.29 is 19.0 Å². The summed E-state index contributed by atoms with van der Waals surface area (Å²) in [5.74, 6) is -0.831. The average molecular weight is 255 g/mol. The van der Waals surface area contributed by atoms with Crippen LogP contribution in [-0.2, 0) is 4.79 Å². The van der Waals surface area contributed by atoms with Gasteiger partial charge < -0.3 is 14.7 Å². The third kappa shape index (κ3) is 3.43. The van der Waals surface area contributed by atoms with Crippen LogP contribution in [0.1, 0.15) is 25.5 Å². The molecule has 0 saturated carbocycles. The maximum Gasteiger partial charge on any atom is 0.262 e. The Morgan fingerprint density at radius 3 is 2.44 bits per heavy atom. The van der Waals surface area contributed by atoms with Gasteiger partial charge in [0, 0.05) is 14.1 Å². The van der Waals surface area contributed by atoms with E-state index in [0.29, 0.717) is 5.56 Å². The van der Waals surface area contributed by atoms with Gasteiger partial charge in [-0.3, -0.25) is 4.79 Å². The van der Waals surface area contributed by atoms with Crippen molar-refractivity contribution in [2.45, 2.75) is 26.1 Å². The number of aliphatic hydroxyl groups is 1. The second-order valence-corrected chi connectivity index (χ2v) is 4.36. The molecular weight excluding hydrogens is 237 g/mol. The molecule has 0 bridgehead atoms. The monoisotopic (exact) mass is 255 g/mol. The molecule has 1 unspecified atom stereocenters. The Bertz CT molecular complexity index is 432. The Hall–Kier alpha value is -1.62. The van der Waals surface area contributed by atoms with E-state index in [0.717, 1.165) is 0 Å². The third-order valence-corrected chi connectivity index (χ3v) is 2.53. The van der Waals surface area contributed by atoms with Crippen LogP contribution >= 0.6 is 0 Å². The van der Waals surface area contributed by atoms with Crippen LogP contribution in [0.15, 0.2) is 18.2 Å². The zero-order valence-electron chi connectivity index (χ0n) is 11.0. The zero-order valence-corrected chi connectivity index (χ0v) is 11.0. The normalized spacial score (nSPS) is 13.9. The van der Waals surface area contributed by atoms with Crippen molar-refractivity contribution in [1.82, 2.24) is 4.90 Å². The largest absolute Gasteiger partial charge is 0.478 e. The minimum Gasteiger partial charge on any atom is -0.478 e. The van der Waals surface area contributed by atoms with Crippen LogP contribution in [0.2, 0.25) is 0 Å². The van der Waals surface area contributed by atoms with E-state index in [4.69, 9.17) is 4.74 Å². The molecule has 1 amide bonds. The number of aliphatic hydroxyl groups excluding tert-OH is 1. The summed E-state index contributed by atoms with van der Waals surface area (Å²) >= 11 is 0. The number of nitrogens with zero attached hydrogens (tertiary/aromatic N) is 1. The molecule has 2 atom stereocenters. The minimum atomic E-state index is -0.758. The van der Waals surface area contributed by atoms with E-state index >= 15 is 0 Å². The van der Waals surface area contributed by atoms with Gasteiger partial charge in [-0.25, -0.2) is 4.39 Å². The van der Waals surface area contributed by atoms with E-state index in [1.54, 1.807) is 34.0 Å². The molecular formula is C13H18FNO3. The summed E-state index contributed by atoms with van der Waals surface area (Å²) in [6.45, 7) is 3.11. The van der Waals surface area contributed by atoms with Crippen LogP contribution in [0.4, 0.5) is 4.39 Å². The zero-order chi connectivity index (χ0) is 13.9. The summed E-state index contributed by atoms with van der Waals surface area (Å²) in [4.78, 5) is 13.0. The summed E-state index contributed by atoms with van der Waals surface area (Å²) in [5.41, 5.74) is 0.464. The highest BCUT2D eigenvalue weighted by Crippen LogP contribution is 2.23. The molecule has 1 aromatic rings. The second-order valence-electron chi connectivity index (χ2n) is 4.36. The second kappa shape index (κ2) is 5.82. The maximum atomic E-state index is 13.7. The van der Waals surface area contributed by atoms with Gasteiger partial charge in [0.25, 0.3) is 5.91 Å². The summed E-state index contributed by atoms with van der Waals surface area (Å²) in [6, 6.07) is 4.18. The molecule has 1 rings (SSSR count). The van der Waals surface area contributed by atoms with Crippen molar-refractivity contribution in [3.63, 3.8) is 0 Å². The summed E-state index contributed by atoms with van der Waals surface area (Å²) in [7, 11) is 3.21. The summed E-state index contributed by atoms with van der Waals surface area (Å²) in [5, 5.41) is 9.31. The highest BCUT2D eigenvalue weighted by Gasteiger charge is 2.18. The van der Waals surface area contributed by atoms with Crippen molar-refractivity contribution in [2.75, 3.05) is 14.1 Å². The van der Waals surface area contributed by atoms with Crippen LogP contribution < -0.4 is 4.74 Å². The quantitative estimate of drug-likeness (QED) is 0.891. The molecule has 0 aliphatic rings. The first-order valence-corrected chi connectivity index (χ1v) is 5.68. The van der Waals surface area contributed by atoms with Gasteiger partial charge in [-0.2, -0.15) is 0 Å². The lowest BCUT2D eigenvalue weighted by atomic mass is 10.1. The van der Waals surface area contributed by atoms with E-state index in [2.05, 4.69) is 0 Å². The van der Waals surface area contributed by atoms with E-state index in [1.807, 2.05) is 0 Å². The maximum absolute atomic E-state index is 13.7. The Kier molecular flexibility index (Phi) is 4.67. The molecule has 0 fully saturated rings. The Balaban J connectivity index is 2.83. The van der Waals surface area contributed by atoms with Crippen molar-refractivity contribution >= 4 is 5.91 Å². The number of benzene rings is 1. The average Bonchev–Trinajstić information content (AvgIpc) is 2.30. The lowest BCUT2D eigenvalue weighted by Crippen LogP contribution is -2.35. The van der Waals surface area contributed by atoms with Crippen molar-refractivity contribution in [3.05, 3.63) is 29.6 Å². The lowest BCUT2D eigenvalue weighted by Gasteiger charge is -2.19. The Morgan fingerprint density at radius 2 is 2.00 bits per heavy atom. The molecule has 100 valence electrons. The van der Waals surface area contributed by atoms with Gasteiger partial charge in [-0.05, 0) is 31.5 Å². The van der Waals surface area contributed by atoms with Crippen LogP contribution in [0.3, 0.4) is 0 Å². The van der Waals surface area contributed by atoms with E-state index in [1.165, 1.54) is 17.0 Å². The lowest BCUT2D eigenvalue weighted by molar-refractivity contribution is -0.135. The highest BCUT2D eigenvalue weighted by atomic mass is 19.1. The van der Waals surface area contributed by atoms with E-state index in [9.17, 15) is 14.3 Å². The molecule has 0 saturated heterocycles. The standard InChI is InChI=1S/C13H18FNO3/c1-8(16)10-5-6-12(11(14)7-10)18-9(2)13(17)15(3)4/h5-9,16H,1-4H3/t8-,9?/m1/s1. The van der Waals surface area contributed by atoms with Gasteiger partial charge >= 0.3 is 0 Å². The summed E-state index contributed by atoms with van der Waals surface area (Å²) in [6.07, 6.45) is -1.50. The molecule has 4 nitrogen and oxygen atoms in total. The molecule has 1 N–H and O–H groups in total. The minimum absolute atomic E-state index is 0.00194. The number of rotatable bonds is 4. The van der Waals surface area contributed by atoms with Crippen LogP contribution in [0, 0.1) is 5.82 Å². The Labute approximate surface area is 106 Å². The number of hydrogen-bond donors (Lipinski definition) is 1. The van der Waals surface area contributed by atoms with Gasteiger partial charge in [0.1, 0.15) is 0 Å².